The fourth-order valence-corrected chi connectivity index (χ4v) is 3.28. The molecule has 134 valence electrons. The molecule has 8 heteroatoms. The molecule has 0 fully saturated rings. The van der Waals surface area contributed by atoms with Gasteiger partial charge in [0, 0.05) is 43.5 Å². The van der Waals surface area contributed by atoms with Crippen molar-refractivity contribution < 1.29 is 4.79 Å². The van der Waals surface area contributed by atoms with E-state index in [4.69, 9.17) is 0 Å². The molecule has 0 saturated carbocycles. The molecule has 0 atom stereocenters. The van der Waals surface area contributed by atoms with E-state index in [2.05, 4.69) is 20.3 Å². The van der Waals surface area contributed by atoms with E-state index < -0.39 is 0 Å². The Labute approximate surface area is 154 Å². The highest BCUT2D eigenvalue weighted by Gasteiger charge is 2.14. The molecule has 0 aromatic carbocycles. The van der Waals surface area contributed by atoms with Crippen LogP contribution in [0.2, 0.25) is 0 Å². The molecule has 0 saturated heterocycles. The number of hydrogen-bond donors (Lipinski definition) is 1. The van der Waals surface area contributed by atoms with Crippen molar-refractivity contribution in [2.45, 2.75) is 20.3 Å². The van der Waals surface area contributed by atoms with E-state index in [1.165, 1.54) is 15.9 Å². The number of amides is 1. The van der Waals surface area contributed by atoms with Crippen LogP contribution in [0.1, 0.15) is 27.3 Å². The van der Waals surface area contributed by atoms with Crippen LogP contribution in [0.5, 0.6) is 0 Å². The third kappa shape index (κ3) is 3.70. The maximum Gasteiger partial charge on any atom is 0.263 e. The molecule has 3 heterocycles. The molecule has 26 heavy (non-hydrogen) atoms. The first-order chi connectivity index (χ1) is 12.5. The van der Waals surface area contributed by atoms with Crippen LogP contribution in [0.3, 0.4) is 0 Å². The highest BCUT2D eigenvalue weighted by atomic mass is 32.1. The van der Waals surface area contributed by atoms with Gasteiger partial charge in [-0.1, -0.05) is 0 Å². The first-order valence-corrected chi connectivity index (χ1v) is 9.02. The molecule has 0 aliphatic heterocycles. The van der Waals surface area contributed by atoms with Crippen LogP contribution in [0, 0.1) is 13.8 Å². The summed E-state index contributed by atoms with van der Waals surface area (Å²) < 4.78 is 1.50. The van der Waals surface area contributed by atoms with Crippen LogP contribution in [0.4, 0.5) is 0 Å². The van der Waals surface area contributed by atoms with E-state index in [-0.39, 0.29) is 17.0 Å². The Morgan fingerprint density at radius 3 is 2.73 bits per heavy atom. The van der Waals surface area contributed by atoms with Gasteiger partial charge in [-0.05, 0) is 31.5 Å². The fraction of sp³-hybridized carbons (Fsp3) is 0.278. The van der Waals surface area contributed by atoms with Crippen LogP contribution in [0.25, 0.3) is 10.8 Å². The largest absolute Gasteiger partial charge is 0.351 e. The predicted molar refractivity (Wildman–Crippen MR) is 100 cm³/mol. The Kier molecular flexibility index (Phi) is 5.22. The maximum absolute atomic E-state index is 12.3. The van der Waals surface area contributed by atoms with Crippen molar-refractivity contribution in [2.75, 3.05) is 6.54 Å². The van der Waals surface area contributed by atoms with Gasteiger partial charge in [0.2, 0.25) is 0 Å². The SMILES string of the molecule is Cc1cc(C(=O)NCCc2csc(-c3ncccn3)n2)c(=O)n(C)c1C. The summed E-state index contributed by atoms with van der Waals surface area (Å²) in [5.74, 6) is 0.224. The lowest BCUT2D eigenvalue weighted by atomic mass is 10.1. The number of nitrogens with zero attached hydrogens (tertiary/aromatic N) is 4. The quantitative estimate of drug-likeness (QED) is 0.742. The molecular weight excluding hydrogens is 350 g/mol. The molecule has 3 rings (SSSR count). The Bertz CT molecular complexity index is 995. The molecule has 0 aliphatic carbocycles. The Morgan fingerprint density at radius 2 is 2.00 bits per heavy atom. The fourth-order valence-electron chi connectivity index (χ4n) is 2.48. The third-order valence-corrected chi connectivity index (χ3v) is 5.08. The lowest BCUT2D eigenvalue weighted by Crippen LogP contribution is -2.34. The number of carbonyl (C=O) groups is 1. The second-order valence-electron chi connectivity index (χ2n) is 5.91. The Morgan fingerprint density at radius 1 is 1.27 bits per heavy atom. The van der Waals surface area contributed by atoms with Gasteiger partial charge in [0.05, 0.1) is 5.69 Å². The van der Waals surface area contributed by atoms with Crippen molar-refractivity contribution in [2.24, 2.45) is 7.05 Å². The molecule has 7 nitrogen and oxygen atoms in total. The van der Waals surface area contributed by atoms with Crippen molar-refractivity contribution >= 4 is 17.2 Å². The predicted octanol–water partition coefficient (Wildman–Crippen LogP) is 1.89. The zero-order valence-corrected chi connectivity index (χ0v) is 15.6. The second kappa shape index (κ2) is 7.57. The number of carbonyl (C=O) groups excluding carboxylic acids is 1. The van der Waals surface area contributed by atoms with Crippen LogP contribution < -0.4 is 10.9 Å². The summed E-state index contributed by atoms with van der Waals surface area (Å²) in [7, 11) is 1.67. The summed E-state index contributed by atoms with van der Waals surface area (Å²) in [6.45, 7) is 4.14. The van der Waals surface area contributed by atoms with Crippen LogP contribution in [-0.4, -0.2) is 32.0 Å². The molecule has 1 amide bonds. The van der Waals surface area contributed by atoms with Crippen LogP contribution in [-0.2, 0) is 13.5 Å². The minimum absolute atomic E-state index is 0.159. The van der Waals surface area contributed by atoms with Gasteiger partial charge in [-0.15, -0.1) is 11.3 Å². The monoisotopic (exact) mass is 369 g/mol. The summed E-state index contributed by atoms with van der Waals surface area (Å²) in [6, 6.07) is 3.39. The van der Waals surface area contributed by atoms with E-state index in [0.717, 1.165) is 22.0 Å². The number of aryl methyl sites for hydroxylation is 1. The van der Waals surface area contributed by atoms with Gasteiger partial charge < -0.3 is 9.88 Å². The second-order valence-corrected chi connectivity index (χ2v) is 6.77. The number of thiazole rings is 1. The van der Waals surface area contributed by atoms with Gasteiger partial charge in [0.15, 0.2) is 10.8 Å². The summed E-state index contributed by atoms with van der Waals surface area (Å²) >= 11 is 1.46. The maximum atomic E-state index is 12.3. The van der Waals surface area contributed by atoms with Gasteiger partial charge in [0.25, 0.3) is 11.5 Å². The van der Waals surface area contributed by atoms with Crippen molar-refractivity contribution in [1.29, 1.82) is 0 Å². The number of rotatable bonds is 5. The van der Waals surface area contributed by atoms with Crippen LogP contribution >= 0.6 is 11.3 Å². The van der Waals surface area contributed by atoms with Crippen molar-refractivity contribution in [3.8, 4) is 10.8 Å². The Hall–Kier alpha value is -2.87. The summed E-state index contributed by atoms with van der Waals surface area (Å²) in [6.07, 6.45) is 3.92. The highest BCUT2D eigenvalue weighted by molar-refractivity contribution is 7.13. The molecule has 0 radical (unpaired) electrons. The van der Waals surface area contributed by atoms with E-state index in [0.29, 0.717) is 18.8 Å². The lowest BCUT2D eigenvalue weighted by molar-refractivity contribution is 0.0952. The lowest BCUT2D eigenvalue weighted by Gasteiger charge is -2.10. The van der Waals surface area contributed by atoms with E-state index in [9.17, 15) is 9.59 Å². The number of aromatic nitrogens is 4. The first kappa shape index (κ1) is 17.9. The highest BCUT2D eigenvalue weighted by Crippen LogP contribution is 2.19. The third-order valence-electron chi connectivity index (χ3n) is 4.19. The van der Waals surface area contributed by atoms with Gasteiger partial charge in [-0.25, -0.2) is 15.0 Å². The molecule has 1 N–H and O–H groups in total. The molecule has 0 spiro atoms. The standard InChI is InChI=1S/C18H19N5O2S/c1-11-9-14(18(25)23(3)12(11)2)16(24)21-8-5-13-10-26-17(22-13)15-19-6-4-7-20-15/h4,6-7,9-10H,5,8H2,1-3H3,(H,21,24). The summed E-state index contributed by atoms with van der Waals surface area (Å²) in [5.41, 5.74) is 2.48. The van der Waals surface area contributed by atoms with Crippen molar-refractivity contribution in [1.82, 2.24) is 24.8 Å². The van der Waals surface area contributed by atoms with Crippen molar-refractivity contribution in [3.05, 3.63) is 62.8 Å². The normalized spacial score (nSPS) is 10.7. The number of pyridine rings is 1. The zero-order valence-electron chi connectivity index (χ0n) is 14.8. The van der Waals surface area contributed by atoms with Crippen molar-refractivity contribution in [3.63, 3.8) is 0 Å². The smallest absolute Gasteiger partial charge is 0.263 e. The topological polar surface area (TPSA) is 89.8 Å². The van der Waals surface area contributed by atoms with E-state index >= 15 is 0 Å². The molecule has 3 aromatic heterocycles. The first-order valence-electron chi connectivity index (χ1n) is 8.14. The average molecular weight is 369 g/mol. The van der Waals surface area contributed by atoms with E-state index in [1.807, 2.05) is 19.2 Å². The average Bonchev–Trinajstić information content (AvgIpc) is 3.12. The zero-order chi connectivity index (χ0) is 18.7. The molecule has 0 unspecified atom stereocenters. The molecule has 0 aliphatic rings. The Balaban J connectivity index is 1.63. The summed E-state index contributed by atoms with van der Waals surface area (Å²) in [5, 5.41) is 5.46. The van der Waals surface area contributed by atoms with Gasteiger partial charge >= 0.3 is 0 Å². The molecule has 0 bridgehead atoms. The van der Waals surface area contributed by atoms with Gasteiger partial charge in [-0.3, -0.25) is 9.59 Å². The van der Waals surface area contributed by atoms with Gasteiger partial charge in [0.1, 0.15) is 5.56 Å². The van der Waals surface area contributed by atoms with E-state index in [1.54, 1.807) is 31.6 Å². The molecular formula is C18H19N5O2S. The number of hydrogen-bond acceptors (Lipinski definition) is 6. The van der Waals surface area contributed by atoms with Crippen LogP contribution in [0.15, 0.2) is 34.7 Å². The number of nitrogens with one attached hydrogen (secondary N) is 1. The van der Waals surface area contributed by atoms with Gasteiger partial charge in [-0.2, -0.15) is 0 Å². The minimum atomic E-state index is -0.365. The molecule has 3 aromatic rings. The minimum Gasteiger partial charge on any atom is -0.351 e. The summed E-state index contributed by atoms with van der Waals surface area (Å²) in [4.78, 5) is 37.4.